The van der Waals surface area contributed by atoms with Crippen LogP contribution in [0.5, 0.6) is 0 Å². The molecule has 0 spiro atoms. The SMILES string of the molecule is Cc1ccc(C)c2c1=CC(CCNC(=S)NCCn1ccc3ccccc31)C(=O)N=2. The first-order chi connectivity index (χ1) is 14.5. The van der Waals surface area contributed by atoms with E-state index < -0.39 is 0 Å². The molecule has 1 aliphatic rings. The van der Waals surface area contributed by atoms with Crippen LogP contribution in [0, 0.1) is 19.8 Å². The van der Waals surface area contributed by atoms with Gasteiger partial charge < -0.3 is 15.2 Å². The van der Waals surface area contributed by atoms with Crippen molar-refractivity contribution in [3.8, 4) is 0 Å². The summed E-state index contributed by atoms with van der Waals surface area (Å²) < 4.78 is 2.21. The van der Waals surface area contributed by atoms with Crippen LogP contribution in [-0.2, 0) is 11.3 Å². The molecule has 0 bridgehead atoms. The predicted molar refractivity (Wildman–Crippen MR) is 125 cm³/mol. The van der Waals surface area contributed by atoms with Crippen molar-refractivity contribution in [2.45, 2.75) is 26.8 Å². The number of aromatic nitrogens is 1. The zero-order valence-corrected chi connectivity index (χ0v) is 18.1. The van der Waals surface area contributed by atoms with Gasteiger partial charge in [0.2, 0.25) is 0 Å². The Kier molecular flexibility index (Phi) is 5.95. The van der Waals surface area contributed by atoms with Gasteiger partial charge in [0.05, 0.1) is 11.3 Å². The van der Waals surface area contributed by atoms with Crippen LogP contribution < -0.4 is 21.2 Å². The molecule has 1 unspecified atom stereocenters. The van der Waals surface area contributed by atoms with Crippen molar-refractivity contribution in [1.82, 2.24) is 15.2 Å². The van der Waals surface area contributed by atoms with Crippen molar-refractivity contribution in [3.63, 3.8) is 0 Å². The number of hydrogen-bond acceptors (Lipinski definition) is 2. The number of fused-ring (bicyclic) bond motifs is 2. The number of amides is 1. The van der Waals surface area contributed by atoms with Crippen molar-refractivity contribution >= 4 is 40.2 Å². The lowest BCUT2D eigenvalue weighted by molar-refractivity contribution is -0.120. The summed E-state index contributed by atoms with van der Waals surface area (Å²) in [6.07, 6.45) is 4.82. The molecule has 154 valence electrons. The first-order valence-corrected chi connectivity index (χ1v) is 10.7. The molecular weight excluding hydrogens is 392 g/mol. The molecule has 0 saturated carbocycles. The molecule has 0 fully saturated rings. The average Bonchev–Trinajstić information content (AvgIpc) is 3.15. The van der Waals surface area contributed by atoms with E-state index in [1.165, 1.54) is 10.9 Å². The maximum atomic E-state index is 12.4. The zero-order valence-electron chi connectivity index (χ0n) is 17.3. The minimum absolute atomic E-state index is 0.0728. The number of benzene rings is 2. The fourth-order valence-electron chi connectivity index (χ4n) is 3.88. The van der Waals surface area contributed by atoms with Crippen molar-refractivity contribution in [2.75, 3.05) is 13.1 Å². The van der Waals surface area contributed by atoms with Crippen LogP contribution in [0.4, 0.5) is 0 Å². The van der Waals surface area contributed by atoms with E-state index in [-0.39, 0.29) is 11.8 Å². The van der Waals surface area contributed by atoms with Gasteiger partial charge in [-0.3, -0.25) is 4.79 Å². The fraction of sp³-hybridized carbons (Fsp3) is 0.292. The lowest BCUT2D eigenvalue weighted by Gasteiger charge is -2.16. The molecular formula is C24H26N4OS. The summed E-state index contributed by atoms with van der Waals surface area (Å²) in [5, 5.41) is 10.2. The van der Waals surface area contributed by atoms with E-state index in [0.717, 1.165) is 34.8 Å². The molecule has 1 aliphatic heterocycles. The second kappa shape index (κ2) is 8.79. The van der Waals surface area contributed by atoms with Crippen molar-refractivity contribution in [1.29, 1.82) is 0 Å². The van der Waals surface area contributed by atoms with E-state index in [0.29, 0.717) is 18.1 Å². The van der Waals surface area contributed by atoms with Crippen molar-refractivity contribution in [3.05, 3.63) is 70.4 Å². The predicted octanol–water partition coefficient (Wildman–Crippen LogP) is 2.37. The number of aryl methyl sites for hydroxylation is 2. The molecule has 0 saturated heterocycles. The standard InChI is InChI=1S/C24H26N4OS/c1-16-7-8-17(2)22-20(16)15-19(23(29)27-22)9-11-25-24(30)26-12-14-28-13-10-18-5-3-4-6-21(18)28/h3-8,10,13,15,19H,9,11-12,14H2,1-2H3,(H2,25,26,30). The third kappa shape index (κ3) is 4.28. The lowest BCUT2D eigenvalue weighted by atomic mass is 9.97. The van der Waals surface area contributed by atoms with E-state index >= 15 is 0 Å². The number of carbonyl (C=O) groups excluding carboxylic acids is 1. The Morgan fingerprint density at radius 2 is 1.83 bits per heavy atom. The molecule has 6 heteroatoms. The van der Waals surface area contributed by atoms with Crippen molar-refractivity contribution < 1.29 is 4.79 Å². The topological polar surface area (TPSA) is 58.4 Å². The van der Waals surface area contributed by atoms with Gasteiger partial charge in [0.25, 0.3) is 5.91 Å². The van der Waals surface area contributed by atoms with Crippen LogP contribution in [-0.4, -0.2) is 28.7 Å². The highest BCUT2D eigenvalue weighted by atomic mass is 32.1. The van der Waals surface area contributed by atoms with Gasteiger partial charge in [0.15, 0.2) is 5.11 Å². The van der Waals surface area contributed by atoms with Crippen LogP contribution >= 0.6 is 12.2 Å². The first kappa shape index (κ1) is 20.3. The summed E-state index contributed by atoms with van der Waals surface area (Å²) in [4.78, 5) is 16.8. The van der Waals surface area contributed by atoms with E-state index in [2.05, 4.69) is 69.7 Å². The van der Waals surface area contributed by atoms with E-state index in [4.69, 9.17) is 12.2 Å². The highest BCUT2D eigenvalue weighted by Crippen LogP contribution is 2.14. The molecule has 0 radical (unpaired) electrons. The van der Waals surface area contributed by atoms with Crippen LogP contribution in [0.25, 0.3) is 17.0 Å². The Morgan fingerprint density at radius 1 is 1.07 bits per heavy atom. The second-order valence-electron chi connectivity index (χ2n) is 7.72. The molecule has 2 aromatic carbocycles. The van der Waals surface area contributed by atoms with Crippen LogP contribution in [0.1, 0.15) is 17.5 Å². The van der Waals surface area contributed by atoms with Gasteiger partial charge in [0.1, 0.15) is 0 Å². The zero-order chi connectivity index (χ0) is 21.1. The number of nitrogens with one attached hydrogen (secondary N) is 2. The number of nitrogens with zero attached hydrogens (tertiary/aromatic N) is 2. The van der Waals surface area contributed by atoms with Gasteiger partial charge in [-0.25, -0.2) is 4.99 Å². The maximum Gasteiger partial charge on any atom is 0.253 e. The molecule has 5 nitrogen and oxygen atoms in total. The molecule has 1 amide bonds. The Morgan fingerprint density at radius 3 is 2.70 bits per heavy atom. The normalized spacial score (nSPS) is 15.3. The molecule has 2 heterocycles. The summed E-state index contributed by atoms with van der Waals surface area (Å²) in [5.41, 5.74) is 3.41. The largest absolute Gasteiger partial charge is 0.363 e. The van der Waals surface area contributed by atoms with E-state index in [9.17, 15) is 4.79 Å². The summed E-state index contributed by atoms with van der Waals surface area (Å²) in [7, 11) is 0. The Labute approximate surface area is 181 Å². The van der Waals surface area contributed by atoms with Gasteiger partial charge in [-0.05, 0) is 61.1 Å². The van der Waals surface area contributed by atoms with Crippen molar-refractivity contribution in [2.24, 2.45) is 10.9 Å². The van der Waals surface area contributed by atoms with E-state index in [1.807, 2.05) is 19.1 Å². The van der Waals surface area contributed by atoms with Gasteiger partial charge >= 0.3 is 0 Å². The Hall–Kier alpha value is -2.99. The summed E-state index contributed by atoms with van der Waals surface area (Å²) in [5.74, 6) is -0.282. The van der Waals surface area contributed by atoms with Gasteiger partial charge in [-0.2, -0.15) is 0 Å². The maximum absolute atomic E-state index is 12.4. The van der Waals surface area contributed by atoms with Gasteiger partial charge in [-0.15, -0.1) is 0 Å². The number of thiocarbonyl (C=S) groups is 1. The number of hydrogen-bond donors (Lipinski definition) is 2. The minimum atomic E-state index is -0.209. The number of rotatable bonds is 6. The number of carbonyl (C=O) groups is 1. The number of para-hydroxylation sites is 1. The molecule has 0 aliphatic carbocycles. The van der Waals surface area contributed by atoms with Crippen LogP contribution in [0.3, 0.4) is 0 Å². The summed E-state index contributed by atoms with van der Waals surface area (Å²) in [6.45, 7) is 6.24. The molecule has 1 atom stereocenters. The highest BCUT2D eigenvalue weighted by Gasteiger charge is 2.19. The lowest BCUT2D eigenvalue weighted by Crippen LogP contribution is -2.40. The Balaban J connectivity index is 1.27. The molecule has 2 N–H and O–H groups in total. The smallest absolute Gasteiger partial charge is 0.253 e. The monoisotopic (exact) mass is 418 g/mol. The van der Waals surface area contributed by atoms with Crippen LogP contribution in [0.2, 0.25) is 0 Å². The molecule has 3 aromatic rings. The highest BCUT2D eigenvalue weighted by molar-refractivity contribution is 7.80. The minimum Gasteiger partial charge on any atom is -0.363 e. The fourth-order valence-corrected chi connectivity index (χ4v) is 4.08. The third-order valence-corrected chi connectivity index (χ3v) is 5.89. The van der Waals surface area contributed by atoms with Crippen LogP contribution in [0.15, 0.2) is 53.7 Å². The van der Waals surface area contributed by atoms with Gasteiger partial charge in [0, 0.05) is 36.6 Å². The Bertz CT molecular complexity index is 1230. The average molecular weight is 419 g/mol. The summed E-state index contributed by atoms with van der Waals surface area (Å²) >= 11 is 5.39. The van der Waals surface area contributed by atoms with Gasteiger partial charge in [-0.1, -0.05) is 36.4 Å². The second-order valence-corrected chi connectivity index (χ2v) is 8.13. The molecule has 4 rings (SSSR count). The quantitative estimate of drug-likeness (QED) is 0.604. The molecule has 30 heavy (non-hydrogen) atoms. The van der Waals surface area contributed by atoms with E-state index in [1.54, 1.807) is 0 Å². The summed E-state index contributed by atoms with van der Waals surface area (Å²) in [6, 6.07) is 14.6. The molecule has 1 aromatic heterocycles. The first-order valence-electron chi connectivity index (χ1n) is 10.3. The third-order valence-electron chi connectivity index (χ3n) is 5.60.